The van der Waals surface area contributed by atoms with E-state index in [9.17, 15) is 0 Å². The van der Waals surface area contributed by atoms with Crippen LogP contribution in [0.4, 0.5) is 0 Å². The van der Waals surface area contributed by atoms with E-state index in [-0.39, 0.29) is 0 Å². The molecule has 106 valence electrons. The highest BCUT2D eigenvalue weighted by atomic mass is 16.7. The summed E-state index contributed by atoms with van der Waals surface area (Å²) in [5.41, 5.74) is 8.99. The van der Waals surface area contributed by atoms with Crippen molar-refractivity contribution in [3.8, 4) is 5.75 Å². The Morgan fingerprint density at radius 3 is 2.47 bits per heavy atom. The van der Waals surface area contributed by atoms with E-state index in [1.165, 1.54) is 0 Å². The zero-order chi connectivity index (χ0) is 13.9. The predicted molar refractivity (Wildman–Crippen MR) is 74.3 cm³/mol. The van der Waals surface area contributed by atoms with Crippen LogP contribution in [0.1, 0.15) is 30.0 Å². The molecular formula is C15H23NO3. The maximum Gasteiger partial charge on any atom is 0.196 e. The predicted octanol–water partition coefficient (Wildman–Crippen LogP) is 2.25. The molecule has 0 bridgehead atoms. The van der Waals surface area contributed by atoms with Gasteiger partial charge in [0.05, 0.1) is 19.8 Å². The number of rotatable bonds is 5. The van der Waals surface area contributed by atoms with E-state index < -0.39 is 5.79 Å². The third-order valence-electron chi connectivity index (χ3n) is 3.46. The molecule has 0 amide bonds. The highest BCUT2D eigenvalue weighted by molar-refractivity contribution is 5.43. The molecular weight excluding hydrogens is 242 g/mol. The molecule has 0 unspecified atom stereocenters. The Morgan fingerprint density at radius 2 is 1.89 bits per heavy atom. The zero-order valence-corrected chi connectivity index (χ0v) is 12.0. The van der Waals surface area contributed by atoms with E-state index in [4.69, 9.17) is 19.9 Å². The first-order valence-electron chi connectivity index (χ1n) is 6.85. The molecule has 1 aromatic rings. The van der Waals surface area contributed by atoms with E-state index >= 15 is 0 Å². The molecule has 1 fully saturated rings. The van der Waals surface area contributed by atoms with Crippen molar-refractivity contribution in [2.75, 3.05) is 26.4 Å². The van der Waals surface area contributed by atoms with Gasteiger partial charge in [0.25, 0.3) is 0 Å². The average Bonchev–Trinajstić information content (AvgIpc) is 2.84. The third-order valence-corrected chi connectivity index (χ3v) is 3.46. The molecule has 0 aliphatic carbocycles. The molecule has 1 aliphatic rings. The summed E-state index contributed by atoms with van der Waals surface area (Å²) >= 11 is 0. The molecule has 0 saturated carbocycles. The van der Waals surface area contributed by atoms with Gasteiger partial charge in [-0.15, -0.1) is 0 Å². The molecule has 2 N–H and O–H groups in total. The molecule has 1 aliphatic heterocycles. The van der Waals surface area contributed by atoms with Crippen molar-refractivity contribution in [2.24, 2.45) is 5.73 Å². The number of nitrogens with two attached hydrogens (primary N) is 1. The van der Waals surface area contributed by atoms with Gasteiger partial charge in [-0.25, -0.2) is 0 Å². The number of ether oxygens (including phenoxy) is 3. The van der Waals surface area contributed by atoms with Crippen molar-refractivity contribution in [2.45, 2.75) is 33.0 Å². The van der Waals surface area contributed by atoms with E-state index in [1.54, 1.807) is 0 Å². The second-order valence-electron chi connectivity index (χ2n) is 4.85. The van der Waals surface area contributed by atoms with Crippen LogP contribution in [-0.4, -0.2) is 26.4 Å². The quantitative estimate of drug-likeness (QED) is 0.887. The lowest BCUT2D eigenvalue weighted by Gasteiger charge is -2.29. The molecule has 1 aromatic carbocycles. The number of hydrogen-bond acceptors (Lipinski definition) is 4. The van der Waals surface area contributed by atoms with E-state index in [0.29, 0.717) is 32.8 Å². The van der Waals surface area contributed by atoms with E-state index in [2.05, 4.69) is 19.1 Å². The normalized spacial score (nSPS) is 17.7. The molecule has 1 heterocycles. The summed E-state index contributed by atoms with van der Waals surface area (Å²) in [4.78, 5) is 0. The first-order chi connectivity index (χ1) is 9.13. The van der Waals surface area contributed by atoms with Crippen molar-refractivity contribution in [3.63, 3.8) is 0 Å². The summed E-state index contributed by atoms with van der Waals surface area (Å²) in [7, 11) is 0. The van der Waals surface area contributed by atoms with E-state index in [0.717, 1.165) is 22.4 Å². The van der Waals surface area contributed by atoms with Gasteiger partial charge in [0.15, 0.2) is 5.79 Å². The van der Waals surface area contributed by atoms with Crippen LogP contribution in [0.25, 0.3) is 0 Å². The summed E-state index contributed by atoms with van der Waals surface area (Å²) < 4.78 is 17.3. The Morgan fingerprint density at radius 1 is 1.21 bits per heavy atom. The summed E-state index contributed by atoms with van der Waals surface area (Å²) in [5.74, 6) is 0.249. The topological polar surface area (TPSA) is 53.7 Å². The van der Waals surface area contributed by atoms with Crippen LogP contribution in [0.3, 0.4) is 0 Å². The minimum atomic E-state index is -0.672. The summed E-state index contributed by atoms with van der Waals surface area (Å²) in [6.07, 6.45) is 0.668. The van der Waals surface area contributed by atoms with Gasteiger partial charge in [-0.2, -0.15) is 0 Å². The number of aryl methyl sites for hydroxylation is 2. The zero-order valence-electron chi connectivity index (χ0n) is 12.0. The lowest BCUT2D eigenvalue weighted by Crippen LogP contribution is -2.31. The van der Waals surface area contributed by atoms with Gasteiger partial charge in [0.2, 0.25) is 0 Å². The number of benzene rings is 1. The second-order valence-corrected chi connectivity index (χ2v) is 4.85. The van der Waals surface area contributed by atoms with Crippen molar-refractivity contribution < 1.29 is 14.2 Å². The maximum atomic E-state index is 5.86. The lowest BCUT2D eigenvalue weighted by atomic mass is 9.95. The van der Waals surface area contributed by atoms with E-state index in [1.807, 2.05) is 13.8 Å². The SMILES string of the molecule is CCOc1cc(C)c(C2(CCN)OCCO2)cc1C. The van der Waals surface area contributed by atoms with Crippen molar-refractivity contribution in [3.05, 3.63) is 28.8 Å². The Balaban J connectivity index is 2.40. The molecule has 0 aromatic heterocycles. The van der Waals surface area contributed by atoms with Gasteiger partial charge >= 0.3 is 0 Å². The third kappa shape index (κ3) is 2.76. The average molecular weight is 265 g/mol. The van der Waals surface area contributed by atoms with Crippen LogP contribution in [0.15, 0.2) is 12.1 Å². The van der Waals surface area contributed by atoms with Crippen LogP contribution in [-0.2, 0) is 15.3 Å². The maximum absolute atomic E-state index is 5.86. The molecule has 4 nitrogen and oxygen atoms in total. The monoisotopic (exact) mass is 265 g/mol. The van der Waals surface area contributed by atoms with Gasteiger partial charge < -0.3 is 19.9 Å². The Hall–Kier alpha value is -1.10. The highest BCUT2D eigenvalue weighted by Gasteiger charge is 2.39. The summed E-state index contributed by atoms with van der Waals surface area (Å²) in [5, 5.41) is 0. The molecule has 4 heteroatoms. The van der Waals surface area contributed by atoms with Crippen LogP contribution in [0.5, 0.6) is 5.75 Å². The van der Waals surface area contributed by atoms with Gasteiger partial charge in [-0.1, -0.05) is 0 Å². The van der Waals surface area contributed by atoms with Gasteiger partial charge in [-0.3, -0.25) is 0 Å². The van der Waals surface area contributed by atoms with Crippen LogP contribution >= 0.6 is 0 Å². The van der Waals surface area contributed by atoms with Gasteiger partial charge in [0, 0.05) is 12.0 Å². The summed E-state index contributed by atoms with van der Waals surface area (Å²) in [6, 6.07) is 4.15. The van der Waals surface area contributed by atoms with Gasteiger partial charge in [0.1, 0.15) is 5.75 Å². The smallest absolute Gasteiger partial charge is 0.196 e. The largest absolute Gasteiger partial charge is 0.494 e. The molecule has 19 heavy (non-hydrogen) atoms. The Kier molecular flexibility index (Phi) is 4.45. The van der Waals surface area contributed by atoms with Crippen molar-refractivity contribution in [1.82, 2.24) is 0 Å². The molecule has 0 radical (unpaired) electrons. The fraction of sp³-hybridized carbons (Fsp3) is 0.600. The fourth-order valence-corrected chi connectivity index (χ4v) is 2.59. The molecule has 1 saturated heterocycles. The minimum absolute atomic E-state index is 0.533. The Labute approximate surface area is 114 Å². The lowest BCUT2D eigenvalue weighted by molar-refractivity contribution is -0.169. The Bertz CT molecular complexity index is 439. The fourth-order valence-electron chi connectivity index (χ4n) is 2.59. The second kappa shape index (κ2) is 5.90. The van der Waals surface area contributed by atoms with Crippen LogP contribution in [0, 0.1) is 13.8 Å². The standard InChI is InChI=1S/C15H23NO3/c1-4-17-14-10-11(2)13(9-12(14)3)15(5-6-16)18-7-8-19-15/h9-10H,4-8,16H2,1-3H3. The number of hydrogen-bond donors (Lipinski definition) is 1. The molecule has 0 spiro atoms. The van der Waals surface area contributed by atoms with Crippen LogP contribution in [0.2, 0.25) is 0 Å². The first-order valence-corrected chi connectivity index (χ1v) is 6.85. The molecule has 2 rings (SSSR count). The molecule has 0 atom stereocenters. The van der Waals surface area contributed by atoms with Crippen LogP contribution < -0.4 is 10.5 Å². The summed E-state index contributed by atoms with van der Waals surface area (Å²) in [6.45, 7) is 8.52. The first kappa shape index (κ1) is 14.3. The van der Waals surface area contributed by atoms with Crippen molar-refractivity contribution in [1.29, 1.82) is 0 Å². The van der Waals surface area contributed by atoms with Crippen molar-refractivity contribution >= 4 is 0 Å². The van der Waals surface area contributed by atoms with Gasteiger partial charge in [-0.05, 0) is 50.6 Å². The highest BCUT2D eigenvalue weighted by Crippen LogP contribution is 2.38. The minimum Gasteiger partial charge on any atom is -0.494 e.